The van der Waals surface area contributed by atoms with Gasteiger partial charge in [0.05, 0.1) is 33.8 Å². The fourth-order valence-electron chi connectivity index (χ4n) is 2.93. The third-order valence-electron chi connectivity index (χ3n) is 4.16. The molecule has 0 bridgehead atoms. The number of carbonyl (C=O) groups is 2. The summed E-state index contributed by atoms with van der Waals surface area (Å²) in [7, 11) is 4.49. The van der Waals surface area contributed by atoms with Crippen molar-refractivity contribution < 1.29 is 23.8 Å². The number of anilines is 2. The molecule has 0 unspecified atom stereocenters. The molecule has 144 valence electrons. The Bertz CT molecular complexity index is 854. The molecule has 10 nitrogen and oxygen atoms in total. The van der Waals surface area contributed by atoms with Gasteiger partial charge in [-0.05, 0) is 6.92 Å². The van der Waals surface area contributed by atoms with Crippen LogP contribution < -0.4 is 24.8 Å². The summed E-state index contributed by atoms with van der Waals surface area (Å²) in [5.74, 6) is 1.13. The number of amides is 2. The lowest BCUT2D eigenvalue weighted by molar-refractivity contribution is -0.125. The molecule has 10 heteroatoms. The Morgan fingerprint density at radius 3 is 2.52 bits per heavy atom. The first-order valence-electron chi connectivity index (χ1n) is 8.27. The van der Waals surface area contributed by atoms with Crippen molar-refractivity contribution in [3.63, 3.8) is 0 Å². The van der Waals surface area contributed by atoms with Gasteiger partial charge in [-0.1, -0.05) is 0 Å². The predicted molar refractivity (Wildman–Crippen MR) is 96.2 cm³/mol. The van der Waals surface area contributed by atoms with Gasteiger partial charge in [0.1, 0.15) is 5.82 Å². The van der Waals surface area contributed by atoms with Gasteiger partial charge in [0.2, 0.25) is 23.5 Å². The minimum Gasteiger partial charge on any atom is -0.493 e. The van der Waals surface area contributed by atoms with E-state index in [1.54, 1.807) is 23.7 Å². The Morgan fingerprint density at radius 2 is 1.93 bits per heavy atom. The van der Waals surface area contributed by atoms with Crippen LogP contribution in [0.4, 0.5) is 11.6 Å². The molecule has 27 heavy (non-hydrogen) atoms. The van der Waals surface area contributed by atoms with Gasteiger partial charge >= 0.3 is 0 Å². The zero-order valence-corrected chi connectivity index (χ0v) is 15.5. The van der Waals surface area contributed by atoms with E-state index in [1.807, 2.05) is 0 Å². The molecule has 0 aliphatic carbocycles. The van der Waals surface area contributed by atoms with Crippen molar-refractivity contribution in [2.75, 3.05) is 32.0 Å². The van der Waals surface area contributed by atoms with E-state index in [4.69, 9.17) is 14.2 Å². The molecule has 2 N–H and O–H groups in total. The minimum atomic E-state index is -0.541. The van der Waals surface area contributed by atoms with E-state index in [1.165, 1.54) is 21.3 Å². The SMILES string of the molecule is COc1cc(NC(=O)C[C@H]2Cn3nc(C)nc3NC2=O)cc(OC)c1OC. The van der Waals surface area contributed by atoms with E-state index in [9.17, 15) is 9.59 Å². The smallest absolute Gasteiger partial charge is 0.232 e. The van der Waals surface area contributed by atoms with Gasteiger partial charge in [-0.3, -0.25) is 14.9 Å². The van der Waals surface area contributed by atoms with Gasteiger partial charge in [-0.2, -0.15) is 10.1 Å². The lowest BCUT2D eigenvalue weighted by atomic mass is 10.0. The third-order valence-corrected chi connectivity index (χ3v) is 4.16. The molecule has 1 aromatic carbocycles. The Kier molecular flexibility index (Phi) is 5.15. The molecule has 1 aliphatic heterocycles. The monoisotopic (exact) mass is 375 g/mol. The number of aryl methyl sites for hydroxylation is 1. The molecule has 3 rings (SSSR count). The first-order chi connectivity index (χ1) is 12.9. The van der Waals surface area contributed by atoms with Crippen LogP contribution in [-0.4, -0.2) is 47.9 Å². The predicted octanol–water partition coefficient (Wildman–Crippen LogP) is 1.21. The minimum absolute atomic E-state index is 0.000834. The van der Waals surface area contributed by atoms with E-state index in [0.29, 0.717) is 41.3 Å². The molecule has 2 aromatic rings. The Balaban J connectivity index is 1.72. The second-order valence-corrected chi connectivity index (χ2v) is 6.02. The van der Waals surface area contributed by atoms with Gasteiger partial charge in [-0.15, -0.1) is 0 Å². The summed E-state index contributed by atoms with van der Waals surface area (Å²) in [6.45, 7) is 2.04. The average Bonchev–Trinajstić information content (AvgIpc) is 2.99. The first kappa shape index (κ1) is 18.5. The van der Waals surface area contributed by atoms with Crippen LogP contribution in [0.3, 0.4) is 0 Å². The molecular weight excluding hydrogens is 354 g/mol. The van der Waals surface area contributed by atoms with Crippen LogP contribution >= 0.6 is 0 Å². The molecule has 0 fully saturated rings. The Morgan fingerprint density at radius 1 is 1.26 bits per heavy atom. The Labute approximate surface area is 155 Å². The number of hydrogen-bond acceptors (Lipinski definition) is 7. The van der Waals surface area contributed by atoms with Gasteiger partial charge < -0.3 is 19.5 Å². The molecule has 1 aliphatic rings. The lowest BCUT2D eigenvalue weighted by Crippen LogP contribution is -2.36. The van der Waals surface area contributed by atoms with Crippen molar-refractivity contribution in [1.29, 1.82) is 0 Å². The number of ether oxygens (including phenoxy) is 3. The third kappa shape index (κ3) is 3.78. The molecule has 0 saturated heterocycles. The number of aromatic nitrogens is 3. The van der Waals surface area contributed by atoms with Crippen LogP contribution in [0.15, 0.2) is 12.1 Å². The van der Waals surface area contributed by atoms with Crippen molar-refractivity contribution in [1.82, 2.24) is 14.8 Å². The highest BCUT2D eigenvalue weighted by Gasteiger charge is 2.30. The zero-order chi connectivity index (χ0) is 19.6. The molecule has 0 saturated carbocycles. The standard InChI is InChI=1S/C17H21N5O5/c1-9-18-17-20-16(24)10(8-22(17)21-9)5-14(23)19-11-6-12(25-2)15(27-4)13(7-11)26-3/h6-7,10H,5,8H2,1-4H3,(H,19,23)(H,18,20,21,24)/t10-/m0/s1. The fraction of sp³-hybridized carbons (Fsp3) is 0.412. The quantitative estimate of drug-likeness (QED) is 0.779. The largest absolute Gasteiger partial charge is 0.493 e. The molecular formula is C17H21N5O5. The van der Waals surface area contributed by atoms with Crippen molar-refractivity contribution in [2.45, 2.75) is 19.9 Å². The summed E-state index contributed by atoms with van der Waals surface area (Å²) in [5.41, 5.74) is 0.475. The average molecular weight is 375 g/mol. The highest BCUT2D eigenvalue weighted by Crippen LogP contribution is 2.40. The summed E-state index contributed by atoms with van der Waals surface area (Å²) in [5, 5.41) is 9.63. The normalized spacial score (nSPS) is 15.6. The number of methoxy groups -OCH3 is 3. The number of carbonyl (C=O) groups excluding carboxylic acids is 2. The number of benzene rings is 1. The van der Waals surface area contributed by atoms with Crippen molar-refractivity contribution >= 4 is 23.5 Å². The van der Waals surface area contributed by atoms with Crippen LogP contribution in [0.2, 0.25) is 0 Å². The molecule has 2 heterocycles. The van der Waals surface area contributed by atoms with Crippen LogP contribution in [0.25, 0.3) is 0 Å². The number of rotatable bonds is 6. The Hall–Kier alpha value is -3.30. The fourth-order valence-corrected chi connectivity index (χ4v) is 2.93. The molecule has 0 spiro atoms. The lowest BCUT2D eigenvalue weighted by Gasteiger charge is -2.22. The highest BCUT2D eigenvalue weighted by molar-refractivity contribution is 5.98. The van der Waals surface area contributed by atoms with E-state index >= 15 is 0 Å². The topological polar surface area (TPSA) is 117 Å². The van der Waals surface area contributed by atoms with Crippen LogP contribution in [0, 0.1) is 12.8 Å². The van der Waals surface area contributed by atoms with Crippen molar-refractivity contribution in [3.05, 3.63) is 18.0 Å². The number of hydrogen-bond donors (Lipinski definition) is 2. The number of fused-ring (bicyclic) bond motifs is 1. The van der Waals surface area contributed by atoms with E-state index in [2.05, 4.69) is 20.7 Å². The second-order valence-electron chi connectivity index (χ2n) is 6.02. The molecule has 1 aromatic heterocycles. The van der Waals surface area contributed by atoms with E-state index in [-0.39, 0.29) is 18.2 Å². The molecule has 2 amide bonds. The zero-order valence-electron chi connectivity index (χ0n) is 15.5. The number of nitrogens with one attached hydrogen (secondary N) is 2. The van der Waals surface area contributed by atoms with Crippen LogP contribution in [-0.2, 0) is 16.1 Å². The van der Waals surface area contributed by atoms with E-state index < -0.39 is 5.92 Å². The first-order valence-corrected chi connectivity index (χ1v) is 8.27. The summed E-state index contributed by atoms with van der Waals surface area (Å²) in [4.78, 5) is 28.8. The molecule has 1 atom stereocenters. The maximum absolute atomic E-state index is 12.4. The summed E-state index contributed by atoms with van der Waals surface area (Å²) in [6, 6.07) is 3.25. The number of nitrogens with zero attached hydrogens (tertiary/aromatic N) is 3. The summed E-state index contributed by atoms with van der Waals surface area (Å²) >= 11 is 0. The van der Waals surface area contributed by atoms with Crippen molar-refractivity contribution in [2.24, 2.45) is 5.92 Å². The van der Waals surface area contributed by atoms with Crippen LogP contribution in [0.1, 0.15) is 12.2 Å². The maximum Gasteiger partial charge on any atom is 0.232 e. The van der Waals surface area contributed by atoms with Gasteiger partial charge in [-0.25, -0.2) is 4.68 Å². The maximum atomic E-state index is 12.4. The molecule has 0 radical (unpaired) electrons. The van der Waals surface area contributed by atoms with Gasteiger partial charge in [0, 0.05) is 24.2 Å². The summed E-state index contributed by atoms with van der Waals surface area (Å²) in [6.07, 6.45) is 0.000834. The highest BCUT2D eigenvalue weighted by atomic mass is 16.5. The van der Waals surface area contributed by atoms with Crippen LogP contribution in [0.5, 0.6) is 17.2 Å². The van der Waals surface area contributed by atoms with Crippen molar-refractivity contribution in [3.8, 4) is 17.2 Å². The second kappa shape index (κ2) is 7.52. The van der Waals surface area contributed by atoms with E-state index in [0.717, 1.165) is 0 Å². The summed E-state index contributed by atoms with van der Waals surface area (Å²) < 4.78 is 17.4. The van der Waals surface area contributed by atoms with Gasteiger partial charge in [0.15, 0.2) is 11.5 Å². The van der Waals surface area contributed by atoms with Gasteiger partial charge in [0.25, 0.3) is 0 Å².